The number of nitrogens with zero attached hydrogens (tertiary/aromatic N) is 1. The number of carbonyl (C=O) groups excluding carboxylic acids is 2. The molecule has 2 unspecified atom stereocenters. The van der Waals surface area contributed by atoms with Crippen molar-refractivity contribution in [3.63, 3.8) is 0 Å². The highest BCUT2D eigenvalue weighted by Crippen LogP contribution is 2.43. The van der Waals surface area contributed by atoms with E-state index in [0.717, 1.165) is 64.2 Å². The summed E-state index contributed by atoms with van der Waals surface area (Å²) < 4.78 is 34.8. The Labute approximate surface area is 527 Å². The molecule has 9 nitrogen and oxygen atoms in total. The monoisotopic (exact) mass is 1220 g/mol. The summed E-state index contributed by atoms with van der Waals surface area (Å²) in [5.41, 5.74) is 0. The molecule has 0 spiro atoms. The van der Waals surface area contributed by atoms with Gasteiger partial charge in [0.05, 0.1) is 27.7 Å². The van der Waals surface area contributed by atoms with E-state index in [2.05, 4.69) is 74.6 Å². The number of likely N-dealkylation sites (N-methyl/N-ethyl adjacent to an activating group) is 1. The van der Waals surface area contributed by atoms with Gasteiger partial charge in [0.1, 0.15) is 19.8 Å². The minimum Gasteiger partial charge on any atom is -0.462 e. The van der Waals surface area contributed by atoms with E-state index in [-0.39, 0.29) is 25.6 Å². The van der Waals surface area contributed by atoms with Crippen molar-refractivity contribution in [2.24, 2.45) is 0 Å². The molecule has 0 aliphatic heterocycles. The predicted molar refractivity (Wildman–Crippen MR) is 367 cm³/mol. The number of unbranched alkanes of at least 4 members (excludes halogenated alkanes) is 44. The highest BCUT2D eigenvalue weighted by Gasteiger charge is 2.27. The molecule has 498 valence electrons. The van der Waals surface area contributed by atoms with Crippen LogP contribution < -0.4 is 0 Å². The van der Waals surface area contributed by atoms with Gasteiger partial charge in [0.15, 0.2) is 6.10 Å². The van der Waals surface area contributed by atoms with Crippen LogP contribution in [-0.4, -0.2) is 74.9 Å². The second-order valence-electron chi connectivity index (χ2n) is 26.0. The van der Waals surface area contributed by atoms with Crippen LogP contribution >= 0.6 is 7.82 Å². The van der Waals surface area contributed by atoms with Gasteiger partial charge in [-0.25, -0.2) is 4.57 Å². The van der Waals surface area contributed by atoms with Crippen molar-refractivity contribution < 1.29 is 42.1 Å². The van der Waals surface area contributed by atoms with Crippen molar-refractivity contribution >= 4 is 19.8 Å². The zero-order valence-corrected chi connectivity index (χ0v) is 57.7. The first-order valence-electron chi connectivity index (χ1n) is 36.5. The fourth-order valence-corrected chi connectivity index (χ4v) is 11.5. The molecule has 85 heavy (non-hydrogen) atoms. The van der Waals surface area contributed by atoms with Crippen LogP contribution in [0.15, 0.2) is 60.8 Å². The molecule has 1 N–H and O–H groups in total. The Morgan fingerprint density at radius 2 is 0.671 bits per heavy atom. The number of allylic oxidation sites excluding steroid dienone is 10. The van der Waals surface area contributed by atoms with Crippen LogP contribution in [0.3, 0.4) is 0 Å². The fraction of sp³-hybridized carbons (Fsp3) is 0.840. The number of phosphoric ester groups is 1. The zero-order valence-electron chi connectivity index (χ0n) is 56.9. The fourth-order valence-electron chi connectivity index (χ4n) is 10.8. The Bertz CT molecular complexity index is 1620. The van der Waals surface area contributed by atoms with Crippen molar-refractivity contribution in [3.05, 3.63) is 60.8 Å². The highest BCUT2D eigenvalue weighted by molar-refractivity contribution is 7.47. The number of ether oxygens (including phenoxy) is 2. The topological polar surface area (TPSA) is 108 Å². The molecule has 0 aromatic rings. The maximum absolute atomic E-state index is 12.9. The SMILES string of the molecule is CC/C=C\C/C=C\C/C=C\C/C=C\C/C=C\CCCCCCCCCCCCCCCCCCCCCCCCCC(=O)OC(COC(=O)CCCCCCCCCCCCCCCCCCCCCCCC)COP(=O)(O)OCC[N+](C)(C)C. The molecule has 0 aromatic carbocycles. The van der Waals surface area contributed by atoms with Crippen LogP contribution in [0.4, 0.5) is 0 Å². The summed E-state index contributed by atoms with van der Waals surface area (Å²) in [6.07, 6.45) is 87.7. The first kappa shape index (κ1) is 82.7. The Morgan fingerprint density at radius 3 is 1.00 bits per heavy atom. The number of quaternary nitrogens is 1. The molecule has 0 saturated carbocycles. The number of hydrogen-bond donors (Lipinski definition) is 1. The molecule has 2 atom stereocenters. The number of hydrogen-bond acceptors (Lipinski definition) is 7. The molecule has 0 fully saturated rings. The standard InChI is InChI=1S/C75H140NO8P/c1-6-8-10-12-14-16-18-20-22-24-26-28-30-31-32-33-34-35-36-37-38-39-40-41-42-43-44-45-46-48-50-52-54-56-58-60-62-64-66-68-75(78)84-73(72-83-85(79,80)82-70-69-76(3,4)5)71-81-74(77)67-65-63-61-59-57-55-53-51-49-47-29-27-25-23-21-19-17-15-13-11-9-7-2/h8,10,14,16,20,22,26,28,31-32,73H,6-7,9,11-13,15,17-19,21,23-25,27,29-30,33-72H2,1-5H3/p+1/b10-8-,16-14-,22-20-,28-26-,32-31-. The average Bonchev–Trinajstić information content (AvgIpc) is 3.50. The summed E-state index contributed by atoms with van der Waals surface area (Å²) in [7, 11) is 1.50. The van der Waals surface area contributed by atoms with Gasteiger partial charge in [0.2, 0.25) is 0 Å². The van der Waals surface area contributed by atoms with Gasteiger partial charge in [-0.3, -0.25) is 18.6 Å². The van der Waals surface area contributed by atoms with E-state index in [9.17, 15) is 19.0 Å². The normalized spacial score (nSPS) is 13.4. The minimum absolute atomic E-state index is 0.0346. The van der Waals surface area contributed by atoms with Crippen molar-refractivity contribution in [1.82, 2.24) is 0 Å². The van der Waals surface area contributed by atoms with Crippen LogP contribution in [-0.2, 0) is 32.7 Å². The predicted octanol–water partition coefficient (Wildman–Crippen LogP) is 23.8. The molecular formula is C75H141NO8P+. The maximum Gasteiger partial charge on any atom is 0.472 e. The van der Waals surface area contributed by atoms with Gasteiger partial charge in [0.25, 0.3) is 0 Å². The van der Waals surface area contributed by atoms with E-state index >= 15 is 0 Å². The van der Waals surface area contributed by atoms with Gasteiger partial charge >= 0.3 is 19.8 Å². The van der Waals surface area contributed by atoms with Crippen molar-refractivity contribution in [2.75, 3.05) is 47.5 Å². The third kappa shape index (κ3) is 70.7. The molecule has 0 saturated heterocycles. The average molecular weight is 1220 g/mol. The molecule has 0 radical (unpaired) electrons. The summed E-state index contributed by atoms with van der Waals surface area (Å²) in [4.78, 5) is 35.9. The zero-order chi connectivity index (χ0) is 61.9. The van der Waals surface area contributed by atoms with E-state index < -0.39 is 26.5 Å². The minimum atomic E-state index is -4.39. The Kier molecular flexibility index (Phi) is 64.4. The number of phosphoric acid groups is 1. The molecule has 10 heteroatoms. The molecule has 0 aliphatic rings. The van der Waals surface area contributed by atoms with Crippen LogP contribution in [0.25, 0.3) is 0 Å². The Morgan fingerprint density at radius 1 is 0.376 bits per heavy atom. The van der Waals surface area contributed by atoms with Crippen LogP contribution in [0.1, 0.15) is 354 Å². The third-order valence-electron chi connectivity index (χ3n) is 16.3. The van der Waals surface area contributed by atoms with Crippen LogP contribution in [0.2, 0.25) is 0 Å². The summed E-state index contributed by atoms with van der Waals surface area (Å²) in [6.45, 7) is 4.39. The summed E-state index contributed by atoms with van der Waals surface area (Å²) in [6, 6.07) is 0. The second kappa shape index (κ2) is 66.1. The summed E-state index contributed by atoms with van der Waals surface area (Å²) in [5, 5.41) is 0. The van der Waals surface area contributed by atoms with Crippen molar-refractivity contribution in [2.45, 2.75) is 360 Å². The smallest absolute Gasteiger partial charge is 0.462 e. The van der Waals surface area contributed by atoms with E-state index in [1.165, 1.54) is 257 Å². The molecular weight excluding hydrogens is 1070 g/mol. The lowest BCUT2D eigenvalue weighted by Crippen LogP contribution is -2.37. The largest absolute Gasteiger partial charge is 0.472 e. The number of carbonyl (C=O) groups is 2. The number of esters is 2. The van der Waals surface area contributed by atoms with E-state index in [0.29, 0.717) is 23.9 Å². The Balaban J connectivity index is 3.92. The molecule has 0 rings (SSSR count). The Hall–Kier alpha value is -2.29. The van der Waals surface area contributed by atoms with Gasteiger partial charge in [-0.2, -0.15) is 0 Å². The second-order valence-corrected chi connectivity index (χ2v) is 27.4. The van der Waals surface area contributed by atoms with Crippen molar-refractivity contribution in [1.29, 1.82) is 0 Å². The van der Waals surface area contributed by atoms with Gasteiger partial charge in [-0.15, -0.1) is 0 Å². The van der Waals surface area contributed by atoms with E-state index in [4.69, 9.17) is 18.5 Å². The molecule has 0 aromatic heterocycles. The number of rotatable bonds is 68. The highest BCUT2D eigenvalue weighted by atomic mass is 31.2. The molecule has 0 amide bonds. The van der Waals surface area contributed by atoms with Crippen LogP contribution in [0.5, 0.6) is 0 Å². The van der Waals surface area contributed by atoms with E-state index in [1.807, 2.05) is 21.1 Å². The molecule has 0 bridgehead atoms. The van der Waals surface area contributed by atoms with Gasteiger partial charge in [-0.05, 0) is 57.8 Å². The lowest BCUT2D eigenvalue weighted by Gasteiger charge is -2.24. The summed E-state index contributed by atoms with van der Waals surface area (Å²) in [5.74, 6) is -0.775. The lowest BCUT2D eigenvalue weighted by atomic mass is 10.0. The first-order chi connectivity index (χ1) is 41.5. The van der Waals surface area contributed by atoms with Crippen molar-refractivity contribution in [3.8, 4) is 0 Å². The van der Waals surface area contributed by atoms with Gasteiger partial charge in [0, 0.05) is 12.8 Å². The van der Waals surface area contributed by atoms with E-state index in [1.54, 1.807) is 0 Å². The molecule has 0 aliphatic carbocycles. The summed E-state index contributed by atoms with van der Waals surface area (Å²) >= 11 is 0. The quantitative estimate of drug-likeness (QED) is 0.0211. The third-order valence-corrected chi connectivity index (χ3v) is 17.3. The maximum atomic E-state index is 12.9. The molecule has 0 heterocycles. The van der Waals surface area contributed by atoms with Crippen LogP contribution in [0, 0.1) is 0 Å². The van der Waals surface area contributed by atoms with Gasteiger partial charge in [-0.1, -0.05) is 344 Å². The van der Waals surface area contributed by atoms with Gasteiger partial charge < -0.3 is 18.9 Å². The first-order valence-corrected chi connectivity index (χ1v) is 38.0. The lowest BCUT2D eigenvalue weighted by molar-refractivity contribution is -0.870.